The molecule has 0 fully saturated rings. The molecule has 0 aliphatic heterocycles. The molecule has 0 bridgehead atoms. The van der Waals surface area contributed by atoms with Gasteiger partial charge in [-0.15, -0.1) is 0 Å². The third-order valence-electron chi connectivity index (χ3n) is 4.24. The maximum absolute atomic E-state index is 12.4. The summed E-state index contributed by atoms with van der Waals surface area (Å²) in [5, 5.41) is 16.4. The van der Waals surface area contributed by atoms with Crippen molar-refractivity contribution in [3.63, 3.8) is 0 Å². The van der Waals surface area contributed by atoms with Crippen LogP contribution < -0.4 is 5.32 Å². The number of carbonyl (C=O) groups excluding carboxylic acids is 1. The number of rotatable bonds is 5. The maximum Gasteiger partial charge on any atom is 0.307 e. The molecule has 1 aromatic heterocycles. The number of benzene rings is 1. The fourth-order valence-corrected chi connectivity index (χ4v) is 3.15. The second-order valence-electron chi connectivity index (χ2n) is 6.01. The van der Waals surface area contributed by atoms with Crippen LogP contribution in [0.5, 0.6) is 0 Å². The van der Waals surface area contributed by atoms with Crippen LogP contribution in [0.15, 0.2) is 53.2 Å². The van der Waals surface area contributed by atoms with Gasteiger partial charge < -0.3 is 10.4 Å². The Kier molecular flexibility index (Phi) is 5.33. The molecule has 0 saturated carbocycles. The van der Waals surface area contributed by atoms with E-state index >= 15 is 0 Å². The lowest BCUT2D eigenvalue weighted by molar-refractivity contribution is -0.146. The SMILES string of the molecule is O=C(Nc1ccn(Cc2ccc(Br)cc2)n1)[C@H]1CC=CC[C@H]1C(=O)O. The molecule has 0 unspecified atom stereocenters. The van der Waals surface area contributed by atoms with Crippen molar-refractivity contribution in [3.05, 3.63) is 58.7 Å². The van der Waals surface area contributed by atoms with Gasteiger partial charge in [0.1, 0.15) is 0 Å². The molecule has 130 valence electrons. The molecule has 0 spiro atoms. The van der Waals surface area contributed by atoms with Crippen LogP contribution in [0.25, 0.3) is 0 Å². The molecule has 0 radical (unpaired) electrons. The fraction of sp³-hybridized carbons (Fsp3) is 0.278. The number of halogens is 1. The fourth-order valence-electron chi connectivity index (χ4n) is 2.89. The number of carboxylic acids is 1. The average molecular weight is 404 g/mol. The highest BCUT2D eigenvalue weighted by molar-refractivity contribution is 9.10. The van der Waals surface area contributed by atoms with E-state index in [-0.39, 0.29) is 5.91 Å². The minimum Gasteiger partial charge on any atom is -0.481 e. The van der Waals surface area contributed by atoms with Crippen LogP contribution in [0.3, 0.4) is 0 Å². The zero-order valence-electron chi connectivity index (χ0n) is 13.4. The summed E-state index contributed by atoms with van der Waals surface area (Å²) in [4.78, 5) is 23.7. The van der Waals surface area contributed by atoms with E-state index in [1.54, 1.807) is 16.9 Å². The molecule has 7 heteroatoms. The van der Waals surface area contributed by atoms with Gasteiger partial charge in [0.05, 0.1) is 18.4 Å². The highest BCUT2D eigenvalue weighted by atomic mass is 79.9. The van der Waals surface area contributed by atoms with Gasteiger partial charge in [0, 0.05) is 16.7 Å². The Labute approximate surface area is 153 Å². The molecule has 2 aromatic rings. The van der Waals surface area contributed by atoms with Crippen molar-refractivity contribution >= 4 is 33.6 Å². The molecule has 1 aliphatic carbocycles. The monoisotopic (exact) mass is 403 g/mol. The summed E-state index contributed by atoms with van der Waals surface area (Å²) >= 11 is 3.40. The Morgan fingerprint density at radius 1 is 1.16 bits per heavy atom. The van der Waals surface area contributed by atoms with Gasteiger partial charge in [-0.3, -0.25) is 14.3 Å². The van der Waals surface area contributed by atoms with E-state index in [4.69, 9.17) is 0 Å². The molecular formula is C18H18BrN3O3. The predicted octanol–water partition coefficient (Wildman–Crippen LogP) is 3.30. The number of aliphatic carboxylic acids is 1. The van der Waals surface area contributed by atoms with Crippen molar-refractivity contribution in [2.75, 3.05) is 5.32 Å². The van der Waals surface area contributed by atoms with Gasteiger partial charge in [-0.25, -0.2) is 0 Å². The highest BCUT2D eigenvalue weighted by Gasteiger charge is 2.34. The van der Waals surface area contributed by atoms with Gasteiger partial charge in [-0.1, -0.05) is 40.2 Å². The normalized spacial score (nSPS) is 19.6. The van der Waals surface area contributed by atoms with Gasteiger partial charge in [-0.05, 0) is 30.5 Å². The quantitative estimate of drug-likeness (QED) is 0.750. The Hall–Kier alpha value is -2.41. The Morgan fingerprint density at radius 2 is 1.84 bits per heavy atom. The summed E-state index contributed by atoms with van der Waals surface area (Å²) in [6, 6.07) is 9.63. The van der Waals surface area contributed by atoms with E-state index in [1.807, 2.05) is 36.4 Å². The van der Waals surface area contributed by atoms with E-state index in [0.717, 1.165) is 10.0 Å². The van der Waals surface area contributed by atoms with Crippen LogP contribution in [0, 0.1) is 11.8 Å². The van der Waals surface area contributed by atoms with Crippen molar-refractivity contribution in [3.8, 4) is 0 Å². The first-order chi connectivity index (χ1) is 12.0. The predicted molar refractivity (Wildman–Crippen MR) is 97.1 cm³/mol. The number of anilines is 1. The molecule has 1 aliphatic rings. The van der Waals surface area contributed by atoms with Gasteiger partial charge in [0.15, 0.2) is 5.82 Å². The van der Waals surface area contributed by atoms with Crippen molar-refractivity contribution in [2.24, 2.45) is 11.8 Å². The molecule has 3 rings (SSSR count). The van der Waals surface area contributed by atoms with E-state index in [0.29, 0.717) is 25.2 Å². The van der Waals surface area contributed by atoms with Crippen molar-refractivity contribution < 1.29 is 14.7 Å². The largest absolute Gasteiger partial charge is 0.481 e. The summed E-state index contributed by atoms with van der Waals surface area (Å²) < 4.78 is 2.74. The minimum atomic E-state index is -0.940. The molecule has 25 heavy (non-hydrogen) atoms. The maximum atomic E-state index is 12.4. The van der Waals surface area contributed by atoms with Gasteiger partial charge in [-0.2, -0.15) is 5.10 Å². The number of hydrogen-bond donors (Lipinski definition) is 2. The van der Waals surface area contributed by atoms with Gasteiger partial charge in [0.25, 0.3) is 0 Å². The molecule has 2 atom stereocenters. The standard InChI is InChI=1S/C18H18BrN3O3/c19-13-7-5-12(6-8-13)11-22-10-9-16(21-22)20-17(23)14-3-1-2-4-15(14)18(24)25/h1-2,5-10,14-15H,3-4,11H2,(H,24,25)(H,20,21,23)/t14-,15+/m0/s1. The number of carboxylic acid groups (broad SMARTS) is 1. The number of nitrogens with one attached hydrogen (secondary N) is 1. The first-order valence-corrected chi connectivity index (χ1v) is 8.79. The average Bonchev–Trinajstić information content (AvgIpc) is 3.03. The zero-order chi connectivity index (χ0) is 17.8. The van der Waals surface area contributed by atoms with E-state index in [1.165, 1.54) is 0 Å². The van der Waals surface area contributed by atoms with Crippen molar-refractivity contribution in [1.82, 2.24) is 9.78 Å². The minimum absolute atomic E-state index is 0.300. The molecular weight excluding hydrogens is 386 g/mol. The topological polar surface area (TPSA) is 84.2 Å². The van der Waals surface area contributed by atoms with E-state index in [9.17, 15) is 14.7 Å². The summed E-state index contributed by atoms with van der Waals surface area (Å²) in [5.41, 5.74) is 1.09. The third kappa shape index (κ3) is 4.36. The molecule has 2 N–H and O–H groups in total. The lowest BCUT2D eigenvalue weighted by Gasteiger charge is -2.23. The Bertz CT molecular complexity index is 798. The number of nitrogens with zero attached hydrogens (tertiary/aromatic N) is 2. The van der Waals surface area contributed by atoms with Crippen molar-refractivity contribution in [1.29, 1.82) is 0 Å². The summed E-state index contributed by atoms with van der Waals surface area (Å²) in [5.74, 6) is -2.06. The lowest BCUT2D eigenvalue weighted by Crippen LogP contribution is -2.34. The second kappa shape index (κ2) is 7.65. The molecule has 1 heterocycles. The number of allylic oxidation sites excluding steroid dienone is 2. The van der Waals surface area contributed by atoms with Crippen LogP contribution in [0.1, 0.15) is 18.4 Å². The number of aromatic nitrogens is 2. The van der Waals surface area contributed by atoms with Crippen LogP contribution in [-0.2, 0) is 16.1 Å². The van der Waals surface area contributed by atoms with Gasteiger partial charge in [0.2, 0.25) is 5.91 Å². The number of carbonyl (C=O) groups is 2. The van der Waals surface area contributed by atoms with Crippen LogP contribution in [-0.4, -0.2) is 26.8 Å². The molecule has 6 nitrogen and oxygen atoms in total. The first kappa shape index (κ1) is 17.4. The highest BCUT2D eigenvalue weighted by Crippen LogP contribution is 2.27. The third-order valence-corrected chi connectivity index (χ3v) is 4.76. The van der Waals surface area contributed by atoms with Crippen LogP contribution >= 0.6 is 15.9 Å². The molecule has 1 aromatic carbocycles. The van der Waals surface area contributed by atoms with E-state index in [2.05, 4.69) is 26.3 Å². The molecule has 1 amide bonds. The number of hydrogen-bond acceptors (Lipinski definition) is 3. The second-order valence-corrected chi connectivity index (χ2v) is 6.92. The molecule has 0 saturated heterocycles. The summed E-state index contributed by atoms with van der Waals surface area (Å²) in [6.45, 7) is 0.590. The zero-order valence-corrected chi connectivity index (χ0v) is 15.0. The number of amides is 1. The first-order valence-electron chi connectivity index (χ1n) is 7.99. The van der Waals surface area contributed by atoms with Crippen LogP contribution in [0.2, 0.25) is 0 Å². The lowest BCUT2D eigenvalue weighted by atomic mass is 9.82. The smallest absolute Gasteiger partial charge is 0.307 e. The summed E-state index contributed by atoms with van der Waals surface area (Å²) in [6.07, 6.45) is 6.27. The van der Waals surface area contributed by atoms with E-state index < -0.39 is 17.8 Å². The van der Waals surface area contributed by atoms with Crippen molar-refractivity contribution in [2.45, 2.75) is 19.4 Å². The van der Waals surface area contributed by atoms with Crippen LogP contribution in [0.4, 0.5) is 5.82 Å². The summed E-state index contributed by atoms with van der Waals surface area (Å²) in [7, 11) is 0. The Balaban J connectivity index is 1.64. The van der Waals surface area contributed by atoms with Gasteiger partial charge >= 0.3 is 5.97 Å². The Morgan fingerprint density at radius 3 is 2.52 bits per heavy atom.